The fraction of sp³-hybridized carbons (Fsp3) is 0.500. The zero-order valence-electron chi connectivity index (χ0n) is 12.3. The summed E-state index contributed by atoms with van der Waals surface area (Å²) < 4.78 is 41.4. The molecule has 0 aliphatic rings. The van der Waals surface area contributed by atoms with Crippen LogP contribution in [-0.4, -0.2) is 26.0 Å². The quantitative estimate of drug-likeness (QED) is 0.877. The lowest BCUT2D eigenvalue weighted by Crippen LogP contribution is -2.47. The first kappa shape index (κ1) is 17.7. The Labute approximate surface area is 125 Å². The second kappa shape index (κ2) is 6.19. The third-order valence-electron chi connectivity index (χ3n) is 2.84. The smallest absolute Gasteiger partial charge is 0.376 e. The Morgan fingerprint density at radius 1 is 1.24 bits per heavy atom. The van der Waals surface area contributed by atoms with E-state index in [9.17, 15) is 17.8 Å². The van der Waals surface area contributed by atoms with E-state index in [1.807, 2.05) is 0 Å². The monoisotopic (exact) mass is 319 g/mol. The maximum atomic E-state index is 13.9. The summed E-state index contributed by atoms with van der Waals surface area (Å²) in [6.07, 6.45) is 0. The summed E-state index contributed by atoms with van der Waals surface area (Å²) in [4.78, 5) is 10.8. The molecule has 0 spiro atoms. The lowest BCUT2D eigenvalue weighted by atomic mass is 10.0. The molecule has 118 valence electrons. The van der Waals surface area contributed by atoms with Crippen LogP contribution in [0.5, 0.6) is 0 Å². The van der Waals surface area contributed by atoms with Gasteiger partial charge in [-0.25, -0.2) is 13.7 Å². The number of hydrogen-bond donors (Lipinski definition) is 2. The molecule has 0 aliphatic carbocycles. The van der Waals surface area contributed by atoms with E-state index in [2.05, 4.69) is 4.72 Å². The summed E-state index contributed by atoms with van der Waals surface area (Å²) in [6, 6.07) is 4.15. The first-order chi connectivity index (χ1) is 9.46. The zero-order valence-corrected chi connectivity index (χ0v) is 13.1. The number of rotatable bonds is 5. The molecule has 7 heteroatoms. The van der Waals surface area contributed by atoms with Crippen molar-refractivity contribution in [3.8, 4) is 0 Å². The summed E-state index contributed by atoms with van der Waals surface area (Å²) in [5, 5.41) is 8.75. The van der Waals surface area contributed by atoms with Crippen molar-refractivity contribution in [1.29, 1.82) is 0 Å². The lowest BCUT2D eigenvalue weighted by molar-refractivity contribution is -0.168. The van der Waals surface area contributed by atoms with Crippen molar-refractivity contribution in [2.75, 3.05) is 0 Å². The molecular formula is C14H19F2NO3S. The molecule has 0 bridgehead atoms. The first-order valence-electron chi connectivity index (χ1n) is 6.32. The van der Waals surface area contributed by atoms with Crippen molar-refractivity contribution < 1.29 is 22.9 Å². The van der Waals surface area contributed by atoms with E-state index < -0.39 is 33.7 Å². The van der Waals surface area contributed by atoms with Gasteiger partial charge in [0.25, 0.3) is 0 Å². The van der Waals surface area contributed by atoms with Crippen molar-refractivity contribution >= 4 is 17.0 Å². The predicted octanol–water partition coefficient (Wildman–Crippen LogP) is 2.81. The summed E-state index contributed by atoms with van der Waals surface area (Å²) in [7, 11) is -1.83. The van der Waals surface area contributed by atoms with E-state index in [0.717, 1.165) is 5.56 Å². The fourth-order valence-corrected chi connectivity index (χ4v) is 2.37. The van der Waals surface area contributed by atoms with Gasteiger partial charge in [-0.05, 0) is 33.3 Å². The number of carboxylic acids is 1. The molecule has 1 rings (SSSR count). The number of nitrogens with one attached hydrogen (secondary N) is 1. The van der Waals surface area contributed by atoms with Gasteiger partial charge in [0.2, 0.25) is 0 Å². The van der Waals surface area contributed by atoms with E-state index in [1.54, 1.807) is 39.8 Å². The summed E-state index contributed by atoms with van der Waals surface area (Å²) in [6.45, 7) is 6.62. The van der Waals surface area contributed by atoms with E-state index in [1.165, 1.54) is 12.1 Å². The van der Waals surface area contributed by atoms with Gasteiger partial charge in [-0.1, -0.05) is 29.8 Å². The molecule has 1 unspecified atom stereocenters. The van der Waals surface area contributed by atoms with Crippen LogP contribution in [0.3, 0.4) is 0 Å². The molecule has 1 aromatic carbocycles. The Morgan fingerprint density at radius 3 is 2.10 bits per heavy atom. The second-order valence-corrected chi connectivity index (χ2v) is 7.77. The van der Waals surface area contributed by atoms with Gasteiger partial charge in [-0.15, -0.1) is 0 Å². The topological polar surface area (TPSA) is 66.4 Å². The van der Waals surface area contributed by atoms with Crippen LogP contribution >= 0.6 is 0 Å². The Bertz CT molecular complexity index is 538. The number of halogens is 2. The fourth-order valence-electron chi connectivity index (χ4n) is 1.52. The van der Waals surface area contributed by atoms with Crippen LogP contribution in [0.1, 0.15) is 37.9 Å². The SMILES string of the molecule is Cc1ccc([C@@H](NS(=O)C(C)(C)C)C(F)(F)C(=O)O)cc1. The number of aryl methyl sites for hydroxylation is 1. The van der Waals surface area contributed by atoms with Crippen molar-refractivity contribution in [1.82, 2.24) is 4.72 Å². The molecule has 0 saturated heterocycles. The largest absolute Gasteiger partial charge is 0.477 e. The van der Waals surface area contributed by atoms with Crippen molar-refractivity contribution in [2.24, 2.45) is 0 Å². The van der Waals surface area contributed by atoms with Crippen molar-refractivity contribution in [3.63, 3.8) is 0 Å². The Kier molecular flexibility index (Phi) is 5.22. The maximum absolute atomic E-state index is 13.9. The van der Waals surface area contributed by atoms with Gasteiger partial charge in [0.05, 0.1) is 15.7 Å². The third-order valence-corrected chi connectivity index (χ3v) is 4.40. The van der Waals surface area contributed by atoms with Gasteiger partial charge in [0, 0.05) is 0 Å². The number of benzene rings is 1. The summed E-state index contributed by atoms with van der Waals surface area (Å²) >= 11 is 0. The molecule has 0 heterocycles. The van der Waals surface area contributed by atoms with Crippen LogP contribution in [0.4, 0.5) is 8.78 Å². The van der Waals surface area contributed by atoms with E-state index >= 15 is 0 Å². The van der Waals surface area contributed by atoms with Crippen molar-refractivity contribution in [3.05, 3.63) is 35.4 Å². The van der Waals surface area contributed by atoms with Gasteiger partial charge in [0.15, 0.2) is 0 Å². The van der Waals surface area contributed by atoms with Gasteiger partial charge in [-0.2, -0.15) is 8.78 Å². The van der Waals surface area contributed by atoms with Crippen LogP contribution in [0.25, 0.3) is 0 Å². The van der Waals surface area contributed by atoms with Gasteiger partial charge in [-0.3, -0.25) is 0 Å². The maximum Gasteiger partial charge on any atom is 0.376 e. The minimum Gasteiger partial charge on any atom is -0.477 e. The van der Waals surface area contributed by atoms with Crippen LogP contribution in [0.2, 0.25) is 0 Å². The minimum atomic E-state index is -4.07. The third kappa shape index (κ3) is 4.31. The first-order valence-corrected chi connectivity index (χ1v) is 7.47. The highest BCUT2D eigenvalue weighted by Crippen LogP contribution is 2.33. The zero-order chi connectivity index (χ0) is 16.4. The van der Waals surface area contributed by atoms with E-state index in [0.29, 0.717) is 0 Å². The number of aliphatic carboxylic acids is 1. The minimum absolute atomic E-state index is 0.0746. The Balaban J connectivity index is 3.21. The average molecular weight is 319 g/mol. The predicted molar refractivity (Wildman–Crippen MR) is 77.5 cm³/mol. The number of alkyl halides is 2. The number of carboxylic acid groups (broad SMARTS) is 1. The van der Waals surface area contributed by atoms with E-state index in [4.69, 9.17) is 5.11 Å². The number of hydrogen-bond acceptors (Lipinski definition) is 2. The van der Waals surface area contributed by atoms with Gasteiger partial charge in [0.1, 0.15) is 6.04 Å². The van der Waals surface area contributed by atoms with Crippen LogP contribution in [0, 0.1) is 6.92 Å². The molecule has 0 saturated carbocycles. The van der Waals surface area contributed by atoms with Crippen LogP contribution in [-0.2, 0) is 15.8 Å². The Morgan fingerprint density at radius 2 is 1.71 bits per heavy atom. The molecule has 2 atom stereocenters. The molecule has 2 N–H and O–H groups in total. The highest BCUT2D eigenvalue weighted by molar-refractivity contribution is 7.84. The molecule has 1 aromatic rings. The molecule has 0 aliphatic heterocycles. The molecule has 0 aromatic heterocycles. The molecule has 0 radical (unpaired) electrons. The highest BCUT2D eigenvalue weighted by Gasteiger charge is 2.49. The molecule has 0 amide bonds. The van der Waals surface area contributed by atoms with E-state index in [-0.39, 0.29) is 5.56 Å². The summed E-state index contributed by atoms with van der Waals surface area (Å²) in [5.41, 5.74) is 0.929. The van der Waals surface area contributed by atoms with Crippen molar-refractivity contribution in [2.45, 2.75) is 44.4 Å². The standard InChI is InChI=1S/C14H19F2NO3S/c1-9-5-7-10(8-6-9)11(14(15,16)12(18)19)17-21(20)13(2,3)4/h5-8,11,17H,1-4H3,(H,18,19)/t11-,21?/m1/s1. The molecule has 4 nitrogen and oxygen atoms in total. The Hall–Kier alpha value is -1.34. The number of carbonyl (C=O) groups is 1. The molecule has 0 fully saturated rings. The average Bonchev–Trinajstić information content (AvgIpc) is 2.35. The van der Waals surface area contributed by atoms with Crippen LogP contribution in [0.15, 0.2) is 24.3 Å². The highest BCUT2D eigenvalue weighted by atomic mass is 32.2. The molecule has 21 heavy (non-hydrogen) atoms. The van der Waals surface area contributed by atoms with Gasteiger partial charge < -0.3 is 5.11 Å². The van der Waals surface area contributed by atoms with Gasteiger partial charge >= 0.3 is 11.9 Å². The lowest BCUT2D eigenvalue weighted by Gasteiger charge is -2.28. The summed E-state index contributed by atoms with van der Waals surface area (Å²) in [5.74, 6) is -6.33. The molecular weight excluding hydrogens is 300 g/mol. The second-order valence-electron chi connectivity index (χ2n) is 5.77. The normalized spacial score (nSPS) is 15.5. The van der Waals surface area contributed by atoms with Crippen LogP contribution < -0.4 is 4.72 Å².